The van der Waals surface area contributed by atoms with Crippen molar-refractivity contribution in [1.29, 1.82) is 0 Å². The normalized spacial score (nSPS) is 20.9. The van der Waals surface area contributed by atoms with E-state index in [9.17, 15) is 9.18 Å². The van der Waals surface area contributed by atoms with Crippen molar-refractivity contribution in [3.05, 3.63) is 36.0 Å². The van der Waals surface area contributed by atoms with Crippen molar-refractivity contribution >= 4 is 5.91 Å². The Morgan fingerprint density at radius 3 is 2.83 bits per heavy atom. The van der Waals surface area contributed by atoms with Gasteiger partial charge in [0.05, 0.1) is 12.5 Å². The lowest BCUT2D eigenvalue weighted by Crippen LogP contribution is -2.48. The summed E-state index contributed by atoms with van der Waals surface area (Å²) in [5.41, 5.74) is 0.610. The lowest BCUT2D eigenvalue weighted by Gasteiger charge is -2.36. The Bertz CT molecular complexity index is 849. The molecule has 1 unspecified atom stereocenters. The van der Waals surface area contributed by atoms with Gasteiger partial charge in [0.15, 0.2) is 0 Å². The maximum Gasteiger partial charge on any atom is 0.236 e. The van der Waals surface area contributed by atoms with Crippen LogP contribution in [0.3, 0.4) is 0 Å². The quantitative estimate of drug-likeness (QED) is 0.708. The standard InChI is InChI=1S/C23H31FN4O2/c1-2-28(20-11-4-3-5-12-20)21(29)16-27-13-7-9-18(15-27)23-25-22(26-30-23)17-8-6-10-19(24)14-17/h6,8,10,14,18,20H,2-5,7,9,11-13,15-16H2,1H3. The van der Waals surface area contributed by atoms with E-state index in [1.165, 1.54) is 31.4 Å². The van der Waals surface area contributed by atoms with E-state index >= 15 is 0 Å². The van der Waals surface area contributed by atoms with Crippen LogP contribution in [0.15, 0.2) is 28.8 Å². The second kappa shape index (κ2) is 9.69. The minimum atomic E-state index is -0.320. The first kappa shape index (κ1) is 21.0. The fourth-order valence-corrected chi connectivity index (χ4v) is 4.86. The van der Waals surface area contributed by atoms with Gasteiger partial charge >= 0.3 is 0 Å². The number of likely N-dealkylation sites (tertiary alicyclic amines) is 1. The minimum Gasteiger partial charge on any atom is -0.339 e. The third kappa shape index (κ3) is 4.89. The first-order valence-electron chi connectivity index (χ1n) is 11.3. The van der Waals surface area contributed by atoms with Crippen molar-refractivity contribution in [2.75, 3.05) is 26.2 Å². The number of hydrogen-bond donors (Lipinski definition) is 0. The zero-order valence-electron chi connectivity index (χ0n) is 17.7. The zero-order chi connectivity index (χ0) is 20.9. The Morgan fingerprint density at radius 1 is 1.23 bits per heavy atom. The number of benzene rings is 1. The van der Waals surface area contributed by atoms with Gasteiger partial charge in [-0.2, -0.15) is 4.98 Å². The molecule has 162 valence electrons. The smallest absolute Gasteiger partial charge is 0.236 e. The topological polar surface area (TPSA) is 62.5 Å². The van der Waals surface area contributed by atoms with Gasteiger partial charge in [-0.05, 0) is 51.3 Å². The van der Waals surface area contributed by atoms with Crippen LogP contribution in [0.4, 0.5) is 4.39 Å². The molecule has 0 radical (unpaired) electrons. The Kier molecular flexibility index (Phi) is 6.77. The Hall–Kier alpha value is -2.28. The molecule has 2 aliphatic rings. The highest BCUT2D eigenvalue weighted by atomic mass is 19.1. The van der Waals surface area contributed by atoms with Crippen molar-refractivity contribution in [3.63, 3.8) is 0 Å². The van der Waals surface area contributed by atoms with Crippen molar-refractivity contribution in [1.82, 2.24) is 19.9 Å². The first-order valence-corrected chi connectivity index (χ1v) is 11.3. The van der Waals surface area contributed by atoms with Gasteiger partial charge in [-0.15, -0.1) is 0 Å². The highest BCUT2D eigenvalue weighted by Gasteiger charge is 2.30. The van der Waals surface area contributed by atoms with Gasteiger partial charge in [0.2, 0.25) is 17.6 Å². The van der Waals surface area contributed by atoms with E-state index in [1.807, 2.05) is 0 Å². The molecule has 1 amide bonds. The minimum absolute atomic E-state index is 0.103. The summed E-state index contributed by atoms with van der Waals surface area (Å²) in [7, 11) is 0. The van der Waals surface area contributed by atoms with Gasteiger partial charge in [0.25, 0.3) is 0 Å². The summed E-state index contributed by atoms with van der Waals surface area (Å²) in [6.07, 6.45) is 7.95. The van der Waals surface area contributed by atoms with Crippen LogP contribution in [0.2, 0.25) is 0 Å². The van der Waals surface area contributed by atoms with Gasteiger partial charge in [0.1, 0.15) is 5.82 Å². The fraction of sp³-hybridized carbons (Fsp3) is 0.609. The Morgan fingerprint density at radius 2 is 2.07 bits per heavy atom. The maximum atomic E-state index is 13.5. The molecule has 1 aromatic heterocycles. The molecule has 0 bridgehead atoms. The Balaban J connectivity index is 1.38. The van der Waals surface area contributed by atoms with Crippen LogP contribution < -0.4 is 0 Å². The lowest BCUT2D eigenvalue weighted by molar-refractivity contribution is -0.135. The predicted molar refractivity (Wildman–Crippen MR) is 112 cm³/mol. The summed E-state index contributed by atoms with van der Waals surface area (Å²) in [5, 5.41) is 4.04. The van der Waals surface area contributed by atoms with E-state index in [2.05, 4.69) is 26.9 Å². The zero-order valence-corrected chi connectivity index (χ0v) is 17.7. The molecule has 4 rings (SSSR count). The van der Waals surface area contributed by atoms with E-state index in [4.69, 9.17) is 4.52 Å². The number of carbonyl (C=O) groups is 1. The van der Waals surface area contributed by atoms with Gasteiger partial charge in [0, 0.05) is 24.7 Å². The monoisotopic (exact) mass is 414 g/mol. The van der Waals surface area contributed by atoms with Gasteiger partial charge < -0.3 is 9.42 Å². The van der Waals surface area contributed by atoms with Crippen LogP contribution in [0, 0.1) is 5.82 Å². The summed E-state index contributed by atoms with van der Waals surface area (Å²) in [5.74, 6) is 1.000. The van der Waals surface area contributed by atoms with Crippen molar-refractivity contribution in [2.45, 2.75) is 63.8 Å². The van der Waals surface area contributed by atoms with Crippen molar-refractivity contribution < 1.29 is 13.7 Å². The molecule has 2 fully saturated rings. The van der Waals surface area contributed by atoms with Gasteiger partial charge in [-0.3, -0.25) is 9.69 Å². The van der Waals surface area contributed by atoms with E-state index in [1.54, 1.807) is 12.1 Å². The number of rotatable bonds is 6. The summed E-state index contributed by atoms with van der Waals surface area (Å²) < 4.78 is 19.0. The summed E-state index contributed by atoms with van der Waals surface area (Å²) in [6, 6.07) is 6.62. The number of aromatic nitrogens is 2. The molecule has 0 N–H and O–H groups in total. The molecule has 1 saturated carbocycles. The highest BCUT2D eigenvalue weighted by molar-refractivity contribution is 5.78. The van der Waals surface area contributed by atoms with Crippen molar-refractivity contribution in [3.8, 4) is 11.4 Å². The third-order valence-electron chi connectivity index (χ3n) is 6.41. The van der Waals surface area contributed by atoms with Crippen LogP contribution in [-0.2, 0) is 4.79 Å². The average molecular weight is 415 g/mol. The molecule has 2 heterocycles. The maximum absolute atomic E-state index is 13.5. The number of likely N-dealkylation sites (N-methyl/N-ethyl adjacent to an activating group) is 1. The second-order valence-corrected chi connectivity index (χ2v) is 8.51. The molecule has 1 aromatic carbocycles. The van der Waals surface area contributed by atoms with Crippen LogP contribution in [0.5, 0.6) is 0 Å². The van der Waals surface area contributed by atoms with E-state index in [0.29, 0.717) is 29.9 Å². The second-order valence-electron chi connectivity index (χ2n) is 8.51. The number of halogens is 1. The molecule has 0 spiro atoms. The Labute approximate surface area is 177 Å². The number of piperidine rings is 1. The molecule has 1 saturated heterocycles. The number of hydrogen-bond acceptors (Lipinski definition) is 5. The summed E-state index contributed by atoms with van der Waals surface area (Å²) in [6.45, 7) is 4.96. The van der Waals surface area contributed by atoms with Crippen LogP contribution in [0.1, 0.15) is 63.7 Å². The first-order chi connectivity index (χ1) is 14.6. The fourth-order valence-electron chi connectivity index (χ4n) is 4.86. The van der Waals surface area contributed by atoms with E-state index in [0.717, 1.165) is 45.3 Å². The predicted octanol–water partition coefficient (Wildman–Crippen LogP) is 4.24. The molecule has 2 aromatic rings. The summed E-state index contributed by atoms with van der Waals surface area (Å²) in [4.78, 5) is 21.8. The van der Waals surface area contributed by atoms with Crippen LogP contribution in [0.25, 0.3) is 11.4 Å². The number of amides is 1. The van der Waals surface area contributed by atoms with Gasteiger partial charge in [-0.1, -0.05) is 36.6 Å². The van der Waals surface area contributed by atoms with E-state index in [-0.39, 0.29) is 17.6 Å². The number of carbonyl (C=O) groups excluding carboxylic acids is 1. The average Bonchev–Trinajstić information content (AvgIpc) is 3.26. The molecule has 30 heavy (non-hydrogen) atoms. The molecule has 1 aliphatic heterocycles. The third-order valence-corrected chi connectivity index (χ3v) is 6.41. The molecule has 6 nitrogen and oxygen atoms in total. The summed E-state index contributed by atoms with van der Waals surface area (Å²) >= 11 is 0. The highest BCUT2D eigenvalue weighted by Crippen LogP contribution is 2.28. The van der Waals surface area contributed by atoms with Crippen molar-refractivity contribution in [2.24, 2.45) is 0 Å². The van der Waals surface area contributed by atoms with E-state index < -0.39 is 0 Å². The van der Waals surface area contributed by atoms with Crippen LogP contribution in [-0.4, -0.2) is 58.1 Å². The molecule has 1 aliphatic carbocycles. The molecular formula is C23H31FN4O2. The molecular weight excluding hydrogens is 383 g/mol. The lowest BCUT2D eigenvalue weighted by atomic mass is 9.94. The molecule has 7 heteroatoms. The SMILES string of the molecule is CCN(C(=O)CN1CCCC(c2nc(-c3cccc(F)c3)no2)C1)C1CCCCC1. The molecule has 1 atom stereocenters. The number of nitrogens with zero attached hydrogens (tertiary/aromatic N) is 4. The van der Waals surface area contributed by atoms with Crippen LogP contribution >= 0.6 is 0 Å². The largest absolute Gasteiger partial charge is 0.339 e. The van der Waals surface area contributed by atoms with Gasteiger partial charge in [-0.25, -0.2) is 4.39 Å².